The molecule has 1 aliphatic heterocycles. The molecule has 0 unspecified atom stereocenters. The number of benzene rings is 1. The van der Waals surface area contributed by atoms with E-state index in [0.717, 1.165) is 38.2 Å². The summed E-state index contributed by atoms with van der Waals surface area (Å²) < 4.78 is 0. The first-order chi connectivity index (χ1) is 9.22. The van der Waals surface area contributed by atoms with Gasteiger partial charge in [0.15, 0.2) is 0 Å². The van der Waals surface area contributed by atoms with E-state index in [2.05, 4.69) is 36.1 Å². The third-order valence-corrected chi connectivity index (χ3v) is 3.54. The maximum absolute atomic E-state index is 12.2. The zero-order valence-electron chi connectivity index (χ0n) is 11.8. The number of anilines is 1. The van der Waals surface area contributed by atoms with Crippen molar-refractivity contribution in [2.45, 2.75) is 20.3 Å². The Morgan fingerprint density at radius 2 is 1.79 bits per heavy atom. The van der Waals surface area contributed by atoms with Crippen LogP contribution in [0.1, 0.15) is 20.3 Å². The Hall–Kier alpha value is -1.77. The molecule has 1 saturated heterocycles. The van der Waals surface area contributed by atoms with Crippen LogP contribution in [0, 0.1) is 0 Å². The quantitative estimate of drug-likeness (QED) is 0.778. The highest BCUT2D eigenvalue weighted by Crippen LogP contribution is 2.16. The maximum Gasteiger partial charge on any atom is 0.249 e. The molecule has 0 N–H and O–H groups in total. The van der Waals surface area contributed by atoms with Crippen LogP contribution in [0.3, 0.4) is 0 Å². The molecule has 1 heterocycles. The number of allylic oxidation sites excluding steroid dienone is 1. The fourth-order valence-corrected chi connectivity index (χ4v) is 2.45. The van der Waals surface area contributed by atoms with Gasteiger partial charge < -0.3 is 9.80 Å². The van der Waals surface area contributed by atoms with Gasteiger partial charge in [0, 0.05) is 37.4 Å². The molecule has 1 aromatic rings. The molecule has 0 aromatic heterocycles. The molecule has 3 heteroatoms. The van der Waals surface area contributed by atoms with Crippen molar-refractivity contribution >= 4 is 11.6 Å². The van der Waals surface area contributed by atoms with E-state index in [4.69, 9.17) is 0 Å². The monoisotopic (exact) mass is 258 g/mol. The third kappa shape index (κ3) is 3.37. The summed E-state index contributed by atoms with van der Waals surface area (Å²) in [5.74, 6) is 0.189. The Kier molecular flexibility index (Phi) is 4.61. The van der Waals surface area contributed by atoms with E-state index in [0.29, 0.717) is 0 Å². The van der Waals surface area contributed by atoms with Crippen LogP contribution < -0.4 is 4.90 Å². The third-order valence-electron chi connectivity index (χ3n) is 3.54. The highest BCUT2D eigenvalue weighted by molar-refractivity contribution is 5.93. The molecule has 0 bridgehead atoms. The minimum absolute atomic E-state index is 0.189. The van der Waals surface area contributed by atoms with E-state index in [-0.39, 0.29) is 5.91 Å². The fraction of sp³-hybridized carbons (Fsp3) is 0.438. The highest BCUT2D eigenvalue weighted by atomic mass is 16.2. The van der Waals surface area contributed by atoms with Crippen molar-refractivity contribution in [3.63, 3.8) is 0 Å². The van der Waals surface area contributed by atoms with Crippen LogP contribution in [0.25, 0.3) is 0 Å². The van der Waals surface area contributed by atoms with Crippen LogP contribution in [0.15, 0.2) is 42.0 Å². The largest absolute Gasteiger partial charge is 0.368 e. The van der Waals surface area contributed by atoms with Crippen LogP contribution in [0.5, 0.6) is 0 Å². The van der Waals surface area contributed by atoms with Crippen molar-refractivity contribution in [2.75, 3.05) is 31.1 Å². The second-order valence-electron chi connectivity index (χ2n) is 4.91. The standard InChI is InChI=1S/C16H22N2O/c1-3-7-14(2)16(19)18-12-10-17(11-13-18)15-8-5-4-6-9-15/h4-9H,3,10-13H2,1-2H3/b14-7+. The maximum atomic E-state index is 12.2. The minimum atomic E-state index is 0.189. The summed E-state index contributed by atoms with van der Waals surface area (Å²) in [6.07, 6.45) is 2.92. The number of carbonyl (C=O) groups is 1. The SMILES string of the molecule is CC/C=C(\C)C(=O)N1CCN(c2ccccc2)CC1. The molecule has 0 radical (unpaired) electrons. The molecule has 0 spiro atoms. The number of rotatable bonds is 3. The van der Waals surface area contributed by atoms with Crippen molar-refractivity contribution in [2.24, 2.45) is 0 Å². The van der Waals surface area contributed by atoms with E-state index in [1.165, 1.54) is 5.69 Å². The van der Waals surface area contributed by atoms with Gasteiger partial charge in [0.2, 0.25) is 5.91 Å². The highest BCUT2D eigenvalue weighted by Gasteiger charge is 2.21. The molecule has 19 heavy (non-hydrogen) atoms. The molecule has 0 aliphatic carbocycles. The zero-order valence-corrected chi connectivity index (χ0v) is 11.8. The van der Waals surface area contributed by atoms with Gasteiger partial charge in [-0.1, -0.05) is 31.2 Å². The van der Waals surface area contributed by atoms with Gasteiger partial charge in [-0.3, -0.25) is 4.79 Å². The van der Waals surface area contributed by atoms with Gasteiger partial charge in [0.05, 0.1) is 0 Å². The van der Waals surface area contributed by atoms with E-state index in [1.807, 2.05) is 24.0 Å². The van der Waals surface area contributed by atoms with Crippen molar-refractivity contribution in [3.05, 3.63) is 42.0 Å². The Bertz CT molecular complexity index is 445. The van der Waals surface area contributed by atoms with Gasteiger partial charge in [-0.15, -0.1) is 0 Å². The number of hydrogen-bond acceptors (Lipinski definition) is 2. The number of carbonyl (C=O) groups excluding carboxylic acids is 1. The summed E-state index contributed by atoms with van der Waals surface area (Å²) >= 11 is 0. The van der Waals surface area contributed by atoms with Crippen molar-refractivity contribution in [3.8, 4) is 0 Å². The first kappa shape index (κ1) is 13.7. The number of hydrogen-bond donors (Lipinski definition) is 0. The molecule has 3 nitrogen and oxygen atoms in total. The molecule has 1 amide bonds. The predicted molar refractivity (Wildman–Crippen MR) is 79.3 cm³/mol. The molecular weight excluding hydrogens is 236 g/mol. The van der Waals surface area contributed by atoms with E-state index < -0.39 is 0 Å². The van der Waals surface area contributed by atoms with Gasteiger partial charge >= 0.3 is 0 Å². The summed E-state index contributed by atoms with van der Waals surface area (Å²) in [7, 11) is 0. The summed E-state index contributed by atoms with van der Waals surface area (Å²) in [6, 6.07) is 10.4. The first-order valence-electron chi connectivity index (χ1n) is 6.98. The van der Waals surface area contributed by atoms with Gasteiger partial charge in [0.25, 0.3) is 0 Å². The second kappa shape index (κ2) is 6.41. The first-order valence-corrected chi connectivity index (χ1v) is 6.98. The van der Waals surface area contributed by atoms with Crippen molar-refractivity contribution in [1.82, 2.24) is 4.90 Å². The molecular formula is C16H22N2O. The smallest absolute Gasteiger partial charge is 0.249 e. The topological polar surface area (TPSA) is 23.6 Å². The number of piperazine rings is 1. The minimum Gasteiger partial charge on any atom is -0.368 e. The lowest BCUT2D eigenvalue weighted by atomic mass is 10.2. The van der Waals surface area contributed by atoms with Crippen LogP contribution in [0.2, 0.25) is 0 Å². The average Bonchev–Trinajstić information content (AvgIpc) is 2.48. The summed E-state index contributed by atoms with van der Waals surface area (Å²) in [5.41, 5.74) is 2.12. The lowest BCUT2D eigenvalue weighted by molar-refractivity contribution is -0.127. The average molecular weight is 258 g/mol. The molecule has 0 atom stereocenters. The molecule has 1 aliphatic rings. The van der Waals surface area contributed by atoms with E-state index >= 15 is 0 Å². The van der Waals surface area contributed by atoms with Gasteiger partial charge in [0.1, 0.15) is 0 Å². The molecule has 1 fully saturated rings. The van der Waals surface area contributed by atoms with Crippen LogP contribution >= 0.6 is 0 Å². The molecule has 1 aromatic carbocycles. The van der Waals surface area contributed by atoms with Gasteiger partial charge in [-0.2, -0.15) is 0 Å². The Morgan fingerprint density at radius 3 is 2.37 bits per heavy atom. The fourth-order valence-electron chi connectivity index (χ4n) is 2.45. The number of para-hydroxylation sites is 1. The van der Waals surface area contributed by atoms with Gasteiger partial charge in [-0.05, 0) is 25.5 Å². The summed E-state index contributed by atoms with van der Waals surface area (Å²) in [5, 5.41) is 0. The van der Waals surface area contributed by atoms with Crippen molar-refractivity contribution in [1.29, 1.82) is 0 Å². The molecule has 0 saturated carbocycles. The number of nitrogens with zero attached hydrogens (tertiary/aromatic N) is 2. The molecule has 2 rings (SSSR count). The van der Waals surface area contributed by atoms with Crippen LogP contribution in [-0.4, -0.2) is 37.0 Å². The predicted octanol–water partition coefficient (Wildman–Crippen LogP) is 2.69. The lowest BCUT2D eigenvalue weighted by Crippen LogP contribution is -2.49. The van der Waals surface area contributed by atoms with Crippen LogP contribution in [-0.2, 0) is 4.79 Å². The summed E-state index contributed by atoms with van der Waals surface area (Å²) in [6.45, 7) is 7.41. The van der Waals surface area contributed by atoms with E-state index in [9.17, 15) is 4.79 Å². The Balaban J connectivity index is 1.93. The lowest BCUT2D eigenvalue weighted by Gasteiger charge is -2.36. The Morgan fingerprint density at radius 1 is 1.16 bits per heavy atom. The molecule has 102 valence electrons. The second-order valence-corrected chi connectivity index (χ2v) is 4.91. The Labute approximate surface area is 115 Å². The summed E-state index contributed by atoms with van der Waals surface area (Å²) in [4.78, 5) is 16.5. The zero-order chi connectivity index (χ0) is 13.7. The van der Waals surface area contributed by atoms with Gasteiger partial charge in [-0.25, -0.2) is 0 Å². The van der Waals surface area contributed by atoms with Crippen molar-refractivity contribution < 1.29 is 4.79 Å². The normalized spacial score (nSPS) is 16.6. The van der Waals surface area contributed by atoms with Crippen LogP contribution in [0.4, 0.5) is 5.69 Å². The number of amides is 1. The van der Waals surface area contributed by atoms with E-state index in [1.54, 1.807) is 0 Å².